The fourth-order valence-electron chi connectivity index (χ4n) is 1.31. The first kappa shape index (κ1) is 10.0. The highest BCUT2D eigenvalue weighted by Crippen LogP contribution is 2.19. The molecule has 2 aromatic rings. The summed E-state index contributed by atoms with van der Waals surface area (Å²) in [5.41, 5.74) is 0.527. The predicted molar refractivity (Wildman–Crippen MR) is 58.1 cm³/mol. The third kappa shape index (κ3) is 1.83. The van der Waals surface area contributed by atoms with Crippen LogP contribution in [0.5, 0.6) is 0 Å². The molecule has 78 valence electrons. The van der Waals surface area contributed by atoms with Gasteiger partial charge in [-0.15, -0.1) is 16.4 Å². The molecule has 0 radical (unpaired) electrons. The van der Waals surface area contributed by atoms with Crippen molar-refractivity contribution in [1.29, 1.82) is 0 Å². The Morgan fingerprint density at radius 1 is 1.53 bits per heavy atom. The maximum absolute atomic E-state index is 12.0. The molecule has 0 amide bonds. The molecule has 4 nitrogen and oxygen atoms in total. The minimum Gasteiger partial charge on any atom is -0.286 e. The molecule has 0 saturated heterocycles. The predicted octanol–water partition coefficient (Wildman–Crippen LogP) is 1.67. The lowest BCUT2D eigenvalue weighted by atomic mass is 10.2. The zero-order valence-electron chi connectivity index (χ0n) is 8.60. The molecule has 0 N–H and O–H groups in total. The van der Waals surface area contributed by atoms with Crippen molar-refractivity contribution in [3.05, 3.63) is 33.8 Å². The van der Waals surface area contributed by atoms with Crippen LogP contribution < -0.4 is 0 Å². The van der Waals surface area contributed by atoms with Crippen LogP contribution in [0.1, 0.15) is 27.2 Å². The van der Waals surface area contributed by atoms with Crippen LogP contribution in [0.4, 0.5) is 0 Å². The van der Waals surface area contributed by atoms with Crippen molar-refractivity contribution >= 4 is 17.1 Å². The van der Waals surface area contributed by atoms with E-state index in [9.17, 15) is 4.79 Å². The summed E-state index contributed by atoms with van der Waals surface area (Å²) in [7, 11) is 1.72. The lowest BCUT2D eigenvalue weighted by Gasteiger charge is -1.95. The van der Waals surface area contributed by atoms with E-state index in [2.05, 4.69) is 17.2 Å². The molecule has 0 aliphatic rings. The number of carbonyl (C=O) groups is 1. The van der Waals surface area contributed by atoms with Crippen molar-refractivity contribution in [1.82, 2.24) is 15.0 Å². The molecule has 2 rings (SSSR count). The molecule has 15 heavy (non-hydrogen) atoms. The van der Waals surface area contributed by atoms with Crippen molar-refractivity contribution < 1.29 is 4.79 Å². The third-order valence-electron chi connectivity index (χ3n) is 2.18. The lowest BCUT2D eigenvalue weighted by molar-refractivity contribution is 0.103. The van der Waals surface area contributed by atoms with Crippen LogP contribution in [0, 0.1) is 0 Å². The topological polar surface area (TPSA) is 47.8 Å². The summed E-state index contributed by atoms with van der Waals surface area (Å²) in [4.78, 5) is 13.9. The molecule has 0 atom stereocenters. The highest BCUT2D eigenvalue weighted by atomic mass is 32.1. The van der Waals surface area contributed by atoms with Crippen LogP contribution in [-0.2, 0) is 13.5 Å². The normalized spacial score (nSPS) is 10.5. The first-order valence-corrected chi connectivity index (χ1v) is 5.52. The lowest BCUT2D eigenvalue weighted by Crippen LogP contribution is -2.06. The standard InChI is InChI=1S/C10H11N3OS/c1-3-7-4-5-9(15-7)10(14)8-6-11-12-13(8)2/h4-6H,3H2,1-2H3. The Labute approximate surface area is 91.5 Å². The van der Waals surface area contributed by atoms with Gasteiger partial charge in [-0.3, -0.25) is 4.79 Å². The van der Waals surface area contributed by atoms with Gasteiger partial charge in [-0.25, -0.2) is 4.68 Å². The van der Waals surface area contributed by atoms with Crippen LogP contribution in [0.25, 0.3) is 0 Å². The summed E-state index contributed by atoms with van der Waals surface area (Å²) in [5, 5.41) is 7.43. The van der Waals surface area contributed by atoms with E-state index in [1.54, 1.807) is 7.05 Å². The quantitative estimate of drug-likeness (QED) is 0.741. The van der Waals surface area contributed by atoms with Gasteiger partial charge in [0.05, 0.1) is 11.1 Å². The summed E-state index contributed by atoms with van der Waals surface area (Å²) in [6.45, 7) is 2.08. The smallest absolute Gasteiger partial charge is 0.222 e. The van der Waals surface area contributed by atoms with Crippen LogP contribution in [-0.4, -0.2) is 20.8 Å². The number of hydrogen-bond donors (Lipinski definition) is 0. The maximum Gasteiger partial charge on any atom is 0.222 e. The van der Waals surface area contributed by atoms with Gasteiger partial charge < -0.3 is 0 Å². The van der Waals surface area contributed by atoms with Gasteiger partial charge in [-0.1, -0.05) is 12.1 Å². The Balaban J connectivity index is 2.32. The Morgan fingerprint density at radius 2 is 2.33 bits per heavy atom. The Bertz CT molecular complexity index is 486. The van der Waals surface area contributed by atoms with Crippen molar-refractivity contribution in [3.63, 3.8) is 0 Å². The van der Waals surface area contributed by atoms with Crippen molar-refractivity contribution in [2.75, 3.05) is 0 Å². The van der Waals surface area contributed by atoms with E-state index < -0.39 is 0 Å². The number of ketones is 1. The van der Waals surface area contributed by atoms with E-state index >= 15 is 0 Å². The first-order chi connectivity index (χ1) is 7.22. The summed E-state index contributed by atoms with van der Waals surface area (Å²) in [5.74, 6) is -0.00722. The molecule has 0 aliphatic carbocycles. The maximum atomic E-state index is 12.0. The molecule has 0 unspecified atom stereocenters. The van der Waals surface area contributed by atoms with E-state index in [1.165, 1.54) is 27.1 Å². The SMILES string of the molecule is CCc1ccc(C(=O)c2cnnn2C)s1. The number of hydrogen-bond acceptors (Lipinski definition) is 4. The fraction of sp³-hybridized carbons (Fsp3) is 0.300. The Hall–Kier alpha value is -1.49. The number of nitrogens with zero attached hydrogens (tertiary/aromatic N) is 3. The largest absolute Gasteiger partial charge is 0.286 e. The van der Waals surface area contributed by atoms with Crippen LogP contribution in [0.15, 0.2) is 18.3 Å². The molecule has 2 aromatic heterocycles. The zero-order chi connectivity index (χ0) is 10.8. The van der Waals surface area contributed by atoms with E-state index in [0.29, 0.717) is 5.69 Å². The van der Waals surface area contributed by atoms with E-state index in [1.807, 2.05) is 12.1 Å². The Kier molecular flexibility index (Phi) is 2.64. The summed E-state index contributed by atoms with van der Waals surface area (Å²) < 4.78 is 1.49. The number of thiophene rings is 1. The molecule has 0 spiro atoms. The van der Waals surface area contributed by atoms with Gasteiger partial charge in [0.15, 0.2) is 0 Å². The van der Waals surface area contributed by atoms with Crippen LogP contribution in [0.2, 0.25) is 0 Å². The van der Waals surface area contributed by atoms with Gasteiger partial charge in [0, 0.05) is 11.9 Å². The monoisotopic (exact) mass is 221 g/mol. The number of aryl methyl sites for hydroxylation is 2. The van der Waals surface area contributed by atoms with Gasteiger partial charge in [-0.05, 0) is 18.6 Å². The van der Waals surface area contributed by atoms with E-state index in [4.69, 9.17) is 0 Å². The number of carbonyl (C=O) groups excluding carboxylic acids is 1. The van der Waals surface area contributed by atoms with Crippen LogP contribution in [0.3, 0.4) is 0 Å². The molecule has 2 heterocycles. The summed E-state index contributed by atoms with van der Waals surface area (Å²) in [6, 6.07) is 3.85. The summed E-state index contributed by atoms with van der Waals surface area (Å²) in [6.07, 6.45) is 2.45. The minimum absolute atomic E-state index is 0.00722. The molecule has 0 aliphatic heterocycles. The number of aromatic nitrogens is 3. The van der Waals surface area contributed by atoms with Gasteiger partial charge in [-0.2, -0.15) is 0 Å². The highest BCUT2D eigenvalue weighted by Gasteiger charge is 2.15. The van der Waals surface area contributed by atoms with E-state index in [-0.39, 0.29) is 5.78 Å². The second-order valence-electron chi connectivity index (χ2n) is 3.19. The second kappa shape index (κ2) is 3.94. The Morgan fingerprint density at radius 3 is 2.87 bits per heavy atom. The molecular formula is C10H11N3OS. The molecule has 0 saturated carbocycles. The van der Waals surface area contributed by atoms with Crippen LogP contribution >= 0.6 is 11.3 Å². The minimum atomic E-state index is -0.00722. The first-order valence-electron chi connectivity index (χ1n) is 4.70. The second-order valence-corrected chi connectivity index (χ2v) is 4.36. The molecule has 0 bridgehead atoms. The van der Waals surface area contributed by atoms with Crippen molar-refractivity contribution in [2.45, 2.75) is 13.3 Å². The molecule has 5 heteroatoms. The zero-order valence-corrected chi connectivity index (χ0v) is 9.41. The van der Waals surface area contributed by atoms with Gasteiger partial charge in [0.25, 0.3) is 0 Å². The van der Waals surface area contributed by atoms with Gasteiger partial charge in [0.2, 0.25) is 5.78 Å². The van der Waals surface area contributed by atoms with Gasteiger partial charge >= 0.3 is 0 Å². The average Bonchev–Trinajstić information content (AvgIpc) is 2.84. The fourth-order valence-corrected chi connectivity index (χ4v) is 2.21. The number of rotatable bonds is 3. The van der Waals surface area contributed by atoms with Crippen molar-refractivity contribution in [2.24, 2.45) is 7.05 Å². The third-order valence-corrected chi connectivity index (χ3v) is 3.41. The van der Waals surface area contributed by atoms with Crippen molar-refractivity contribution in [3.8, 4) is 0 Å². The summed E-state index contributed by atoms with van der Waals surface area (Å²) >= 11 is 1.53. The molecule has 0 aromatic carbocycles. The average molecular weight is 221 g/mol. The van der Waals surface area contributed by atoms with E-state index in [0.717, 1.165) is 11.3 Å². The molecular weight excluding hydrogens is 210 g/mol. The highest BCUT2D eigenvalue weighted by molar-refractivity contribution is 7.14. The van der Waals surface area contributed by atoms with Gasteiger partial charge in [0.1, 0.15) is 5.69 Å². The molecule has 0 fully saturated rings.